The number of ether oxygens (including phenoxy) is 6. The summed E-state index contributed by atoms with van der Waals surface area (Å²) in [6.45, 7) is 20.7. The average molecular weight is 760 g/mol. The molecule has 0 saturated carbocycles. The average Bonchev–Trinajstić information content (AvgIpc) is 3.61. The number of aliphatic hydroxyl groups excluding tert-OH is 1. The van der Waals surface area contributed by atoms with E-state index in [1.807, 2.05) is 12.2 Å². The molecule has 12 heteroatoms. The van der Waals surface area contributed by atoms with Crippen molar-refractivity contribution in [3.63, 3.8) is 0 Å². The Balaban J connectivity index is 1.43. The summed E-state index contributed by atoms with van der Waals surface area (Å²) in [6, 6.07) is 8.35. The van der Waals surface area contributed by atoms with Crippen LogP contribution in [0.2, 0.25) is 0 Å². The number of hydrogen-bond donors (Lipinski definition) is 2. The molecule has 3 aliphatic rings. The van der Waals surface area contributed by atoms with Gasteiger partial charge in [0.1, 0.15) is 5.60 Å². The van der Waals surface area contributed by atoms with Crippen molar-refractivity contribution < 1.29 is 46.7 Å². The minimum absolute atomic E-state index is 0.0320. The van der Waals surface area contributed by atoms with E-state index in [0.717, 1.165) is 36.8 Å². The van der Waals surface area contributed by atoms with Crippen LogP contribution >= 0.6 is 0 Å². The van der Waals surface area contributed by atoms with E-state index >= 15 is 0 Å². The van der Waals surface area contributed by atoms with Crippen LogP contribution in [0.3, 0.4) is 0 Å². The first kappa shape index (κ1) is 42.9. The van der Waals surface area contributed by atoms with Crippen LogP contribution in [0.1, 0.15) is 66.2 Å². The topological polar surface area (TPSA) is 139 Å². The van der Waals surface area contributed by atoms with E-state index in [9.17, 15) is 18.3 Å². The lowest BCUT2D eigenvalue weighted by molar-refractivity contribution is -0.0769. The van der Waals surface area contributed by atoms with Gasteiger partial charge in [-0.05, 0) is 69.2 Å². The normalized spacial score (nSPS) is 30.1. The maximum absolute atomic E-state index is 13.7. The van der Waals surface area contributed by atoms with Gasteiger partial charge in [-0.3, -0.25) is 0 Å². The third kappa shape index (κ3) is 12.9. The van der Waals surface area contributed by atoms with E-state index in [1.165, 1.54) is 7.11 Å². The highest BCUT2D eigenvalue weighted by Gasteiger charge is 2.49. The zero-order chi connectivity index (χ0) is 38.8. The van der Waals surface area contributed by atoms with Crippen LogP contribution in [0.15, 0.2) is 84.3 Å². The summed E-state index contributed by atoms with van der Waals surface area (Å²) >= 11 is 0. The molecule has 3 aliphatic heterocycles. The molecule has 1 aromatic rings. The summed E-state index contributed by atoms with van der Waals surface area (Å²) < 4.78 is 63.7. The quantitative estimate of drug-likeness (QED) is 0.133. The summed E-state index contributed by atoms with van der Waals surface area (Å²) in [6.07, 6.45) is 5.34. The van der Waals surface area contributed by atoms with Crippen molar-refractivity contribution in [2.75, 3.05) is 32.6 Å². The van der Waals surface area contributed by atoms with E-state index in [4.69, 9.17) is 28.4 Å². The van der Waals surface area contributed by atoms with Crippen LogP contribution < -0.4 is 5.32 Å². The molecule has 3 fully saturated rings. The Morgan fingerprint density at radius 3 is 2.49 bits per heavy atom. The molecule has 0 bridgehead atoms. The predicted octanol–water partition coefficient (Wildman–Crippen LogP) is 6.13. The monoisotopic (exact) mass is 759 g/mol. The number of benzene rings is 1. The van der Waals surface area contributed by atoms with Crippen molar-refractivity contribution in [3.8, 4) is 0 Å². The lowest BCUT2D eigenvalue weighted by atomic mass is 9.83. The van der Waals surface area contributed by atoms with E-state index in [0.29, 0.717) is 19.6 Å². The van der Waals surface area contributed by atoms with Crippen LogP contribution in [0.25, 0.3) is 0 Å². The minimum Gasteiger partial charge on any atom is -0.444 e. The van der Waals surface area contributed by atoms with E-state index in [1.54, 1.807) is 57.2 Å². The van der Waals surface area contributed by atoms with Crippen LogP contribution in [0, 0.1) is 11.8 Å². The molecule has 4 rings (SSSR count). The Labute approximate surface area is 316 Å². The first-order valence-corrected chi connectivity index (χ1v) is 20.4. The molecule has 0 aliphatic carbocycles. The molecule has 0 unspecified atom stereocenters. The highest BCUT2D eigenvalue weighted by Crippen LogP contribution is 2.41. The third-order valence-electron chi connectivity index (χ3n) is 10.1. The van der Waals surface area contributed by atoms with Crippen molar-refractivity contribution in [1.82, 2.24) is 5.32 Å². The number of rotatable bonds is 18. The van der Waals surface area contributed by atoms with Crippen molar-refractivity contribution in [1.29, 1.82) is 0 Å². The molecule has 0 spiro atoms. The molecule has 3 saturated heterocycles. The summed E-state index contributed by atoms with van der Waals surface area (Å²) in [5.74, 6) is -0.589. The molecule has 0 radical (unpaired) electrons. The number of methoxy groups -OCH3 is 1. The third-order valence-corrected chi connectivity index (χ3v) is 11.9. The lowest BCUT2D eigenvalue weighted by Crippen LogP contribution is -2.41. The number of sulfone groups is 1. The molecule has 3 heterocycles. The van der Waals surface area contributed by atoms with Crippen molar-refractivity contribution >= 4 is 15.9 Å². The van der Waals surface area contributed by atoms with Gasteiger partial charge in [0, 0.05) is 38.8 Å². The number of alkyl carbamates (subject to hydrolysis) is 1. The Bertz CT molecular complexity index is 1510. The second kappa shape index (κ2) is 19.7. The minimum atomic E-state index is -3.72. The molecule has 10 atom stereocenters. The lowest BCUT2D eigenvalue weighted by Gasteiger charge is -2.38. The van der Waals surface area contributed by atoms with Crippen LogP contribution in [0.5, 0.6) is 0 Å². The fraction of sp³-hybridized carbons (Fsp3) is 0.634. The second-order valence-electron chi connectivity index (χ2n) is 15.5. The molecule has 53 heavy (non-hydrogen) atoms. The largest absolute Gasteiger partial charge is 0.444 e. The molecule has 11 nitrogen and oxygen atoms in total. The number of nitrogens with one attached hydrogen (secondary N) is 1. The molecule has 1 aromatic carbocycles. The standard InChI is InChI=1S/C41H61NO10S/c1-9-19-48-20-13-14-31-22-28(3)35(49-31)18-17-32-21-27(2)29(4)36(50-32)24-37-34(26-53(45,46)33-15-11-10-12-16-33)39(47-8)38(51-37)23-30(43)25-42-40(44)52-41(5,6)7/h9-16,27,30-32,34-39,43H,1,3-4,17-26H2,2,5-8H3,(H,42,44)/b14-13+/t27-,30+,31+,32+,34+,35+,36-,37+,38-,39-/m1/s1. The predicted molar refractivity (Wildman–Crippen MR) is 204 cm³/mol. The SMILES string of the molecule is C=CCOC/C=C/[C@H]1CC(=C)[C@H](CC[C@H]2C[C@@H](C)C(=C)[C@@H](C[C@@H]3O[C@H](C[C@H](O)CNC(=O)OC(C)(C)C)[C@H](OC)[C@H]3CS(=O)(=O)c3ccccc3)O2)O1. The maximum Gasteiger partial charge on any atom is 0.407 e. The highest BCUT2D eigenvalue weighted by molar-refractivity contribution is 7.91. The Hall–Kier alpha value is -2.84. The van der Waals surface area contributed by atoms with Crippen LogP contribution in [0.4, 0.5) is 4.79 Å². The van der Waals surface area contributed by atoms with Gasteiger partial charge < -0.3 is 38.8 Å². The summed E-state index contributed by atoms with van der Waals surface area (Å²) in [5, 5.41) is 13.6. The van der Waals surface area contributed by atoms with Crippen LogP contribution in [-0.4, -0.2) is 107 Å². The van der Waals surface area contributed by atoms with E-state index in [2.05, 4.69) is 32.0 Å². The summed E-state index contributed by atoms with van der Waals surface area (Å²) in [7, 11) is -2.19. The molecule has 1 amide bonds. The van der Waals surface area contributed by atoms with Crippen molar-refractivity contribution in [3.05, 3.63) is 79.4 Å². The Morgan fingerprint density at radius 1 is 1.08 bits per heavy atom. The maximum atomic E-state index is 13.7. The zero-order valence-electron chi connectivity index (χ0n) is 32.1. The number of aliphatic hydroxyl groups is 1. The number of amides is 1. The van der Waals surface area contributed by atoms with Gasteiger partial charge in [-0.15, -0.1) is 6.58 Å². The van der Waals surface area contributed by atoms with Gasteiger partial charge in [-0.2, -0.15) is 0 Å². The van der Waals surface area contributed by atoms with Gasteiger partial charge in [0.15, 0.2) is 9.84 Å². The highest BCUT2D eigenvalue weighted by atomic mass is 32.2. The molecule has 296 valence electrons. The first-order chi connectivity index (χ1) is 25.1. The fourth-order valence-corrected chi connectivity index (χ4v) is 9.10. The summed E-state index contributed by atoms with van der Waals surface area (Å²) in [5.41, 5.74) is 1.33. The zero-order valence-corrected chi connectivity index (χ0v) is 32.9. The number of carbonyl (C=O) groups excluding carboxylic acids is 1. The van der Waals surface area contributed by atoms with Gasteiger partial charge >= 0.3 is 6.09 Å². The van der Waals surface area contributed by atoms with Crippen LogP contribution in [-0.2, 0) is 38.3 Å². The van der Waals surface area contributed by atoms with E-state index in [-0.39, 0.29) is 53.9 Å². The fourth-order valence-electron chi connectivity index (χ4n) is 7.42. The van der Waals surface area contributed by atoms with Gasteiger partial charge in [0.2, 0.25) is 0 Å². The Morgan fingerprint density at radius 2 is 1.81 bits per heavy atom. The molecule has 2 N–H and O–H groups in total. The number of carbonyl (C=O) groups is 1. The second-order valence-corrected chi connectivity index (χ2v) is 17.5. The molecule has 0 aromatic heterocycles. The Kier molecular flexibility index (Phi) is 15.9. The van der Waals surface area contributed by atoms with Gasteiger partial charge in [0.25, 0.3) is 0 Å². The molecular formula is C41H61NO10S. The molecular weight excluding hydrogens is 699 g/mol. The van der Waals surface area contributed by atoms with Gasteiger partial charge in [0.05, 0.1) is 72.7 Å². The van der Waals surface area contributed by atoms with Crippen molar-refractivity contribution in [2.24, 2.45) is 11.8 Å². The first-order valence-electron chi connectivity index (χ1n) is 18.7. The van der Waals surface area contributed by atoms with E-state index < -0.39 is 51.9 Å². The number of hydrogen-bond acceptors (Lipinski definition) is 10. The van der Waals surface area contributed by atoms with Crippen molar-refractivity contribution in [2.45, 2.75) is 126 Å². The summed E-state index contributed by atoms with van der Waals surface area (Å²) in [4.78, 5) is 12.5. The van der Waals surface area contributed by atoms with Gasteiger partial charge in [-0.25, -0.2) is 13.2 Å². The smallest absolute Gasteiger partial charge is 0.407 e. The van der Waals surface area contributed by atoms with Gasteiger partial charge in [-0.1, -0.05) is 56.5 Å².